The summed E-state index contributed by atoms with van der Waals surface area (Å²) in [5.41, 5.74) is 0.447. The van der Waals surface area contributed by atoms with Gasteiger partial charge in [0, 0.05) is 12.3 Å². The quantitative estimate of drug-likeness (QED) is 0.877. The third-order valence-corrected chi connectivity index (χ3v) is 3.32. The molecule has 96 valence electrons. The Morgan fingerprint density at radius 1 is 1.47 bits per heavy atom. The highest BCUT2D eigenvalue weighted by Gasteiger charge is 2.17. The molecule has 17 heavy (non-hydrogen) atoms. The lowest BCUT2D eigenvalue weighted by Crippen LogP contribution is -2.37. The summed E-state index contributed by atoms with van der Waals surface area (Å²) in [7, 11) is -3.09. The molecule has 1 rings (SSSR count). The molecule has 0 unspecified atom stereocenters. The molecule has 1 aromatic heterocycles. The number of sulfone groups is 1. The van der Waals surface area contributed by atoms with Gasteiger partial charge < -0.3 is 9.73 Å². The second-order valence-corrected chi connectivity index (χ2v) is 6.48. The lowest BCUT2D eigenvalue weighted by Gasteiger charge is -2.11. The zero-order valence-corrected chi connectivity index (χ0v) is 11.2. The fraction of sp³-hybridized carbons (Fsp3) is 0.545. The van der Waals surface area contributed by atoms with Crippen molar-refractivity contribution in [3.63, 3.8) is 0 Å². The maximum Gasteiger partial charge on any atom is 0.255 e. The molecule has 1 N–H and O–H groups in total. The number of aryl methyl sites for hydroxylation is 2. The number of rotatable bonds is 4. The number of hydrogen-bond acceptors (Lipinski definition) is 4. The van der Waals surface area contributed by atoms with Gasteiger partial charge in [0.25, 0.3) is 5.91 Å². The van der Waals surface area contributed by atoms with Crippen molar-refractivity contribution < 1.29 is 17.6 Å². The van der Waals surface area contributed by atoms with Crippen LogP contribution < -0.4 is 5.32 Å². The first-order chi connectivity index (χ1) is 7.69. The molecule has 0 fully saturated rings. The summed E-state index contributed by atoms with van der Waals surface area (Å²) in [5, 5.41) is 2.63. The smallest absolute Gasteiger partial charge is 0.255 e. The van der Waals surface area contributed by atoms with Crippen LogP contribution in [0.25, 0.3) is 0 Å². The van der Waals surface area contributed by atoms with E-state index in [2.05, 4.69) is 5.32 Å². The van der Waals surface area contributed by atoms with Crippen molar-refractivity contribution in [2.75, 3.05) is 12.0 Å². The first-order valence-electron chi connectivity index (χ1n) is 5.24. The Morgan fingerprint density at radius 3 is 2.47 bits per heavy atom. The summed E-state index contributed by atoms with van der Waals surface area (Å²) in [6.45, 7) is 5.11. The van der Waals surface area contributed by atoms with Gasteiger partial charge >= 0.3 is 0 Å². The molecular formula is C11H17NO4S. The third kappa shape index (κ3) is 4.22. The monoisotopic (exact) mass is 259 g/mol. The van der Waals surface area contributed by atoms with Crippen LogP contribution >= 0.6 is 0 Å². The molecule has 0 bridgehead atoms. The van der Waals surface area contributed by atoms with Crippen LogP contribution in [0, 0.1) is 13.8 Å². The maximum atomic E-state index is 11.8. The van der Waals surface area contributed by atoms with Gasteiger partial charge in [-0.25, -0.2) is 8.42 Å². The summed E-state index contributed by atoms with van der Waals surface area (Å²) in [5.74, 6) is 0.805. The molecular weight excluding hydrogens is 242 g/mol. The van der Waals surface area contributed by atoms with Gasteiger partial charge in [0.15, 0.2) is 0 Å². The molecule has 1 atom stereocenters. The Kier molecular flexibility index (Phi) is 3.98. The highest BCUT2D eigenvalue weighted by Crippen LogP contribution is 2.13. The normalized spacial score (nSPS) is 13.4. The van der Waals surface area contributed by atoms with E-state index in [1.54, 1.807) is 26.8 Å². The summed E-state index contributed by atoms with van der Waals surface area (Å²) in [6, 6.07) is 1.21. The van der Waals surface area contributed by atoms with E-state index < -0.39 is 15.9 Å². The van der Waals surface area contributed by atoms with Crippen molar-refractivity contribution in [3.8, 4) is 0 Å². The Labute approximate surface area is 101 Å². The molecule has 0 radical (unpaired) electrons. The van der Waals surface area contributed by atoms with Crippen LogP contribution in [0.1, 0.15) is 28.8 Å². The van der Waals surface area contributed by atoms with Crippen LogP contribution in [0.15, 0.2) is 10.5 Å². The van der Waals surface area contributed by atoms with E-state index in [1.807, 2.05) is 0 Å². The zero-order chi connectivity index (χ0) is 13.2. The lowest BCUT2D eigenvalue weighted by molar-refractivity contribution is 0.0942. The van der Waals surface area contributed by atoms with Crippen molar-refractivity contribution in [1.82, 2.24) is 5.32 Å². The standard InChI is InChI=1S/C11H17NO4S/c1-7(6-17(4,14)15)12-11(13)10-5-8(2)16-9(10)3/h5,7H,6H2,1-4H3,(H,12,13)/t7-/m1/s1. The fourth-order valence-corrected chi connectivity index (χ4v) is 2.65. The van der Waals surface area contributed by atoms with Crippen molar-refractivity contribution in [3.05, 3.63) is 23.2 Å². The average Bonchev–Trinajstić information content (AvgIpc) is 2.41. The van der Waals surface area contributed by atoms with Crippen molar-refractivity contribution >= 4 is 15.7 Å². The number of hydrogen-bond donors (Lipinski definition) is 1. The predicted molar refractivity (Wildman–Crippen MR) is 64.8 cm³/mol. The van der Waals surface area contributed by atoms with E-state index in [9.17, 15) is 13.2 Å². The Balaban J connectivity index is 2.70. The minimum Gasteiger partial charge on any atom is -0.466 e. The zero-order valence-electron chi connectivity index (χ0n) is 10.4. The van der Waals surface area contributed by atoms with Gasteiger partial charge in [-0.05, 0) is 26.8 Å². The molecule has 1 aromatic rings. The predicted octanol–water partition coefficient (Wildman–Crippen LogP) is 1.06. The van der Waals surface area contributed by atoms with E-state index >= 15 is 0 Å². The van der Waals surface area contributed by atoms with Crippen molar-refractivity contribution in [1.29, 1.82) is 0 Å². The van der Waals surface area contributed by atoms with Crippen LogP contribution in [0.4, 0.5) is 0 Å². The second kappa shape index (κ2) is 4.91. The number of furan rings is 1. The van der Waals surface area contributed by atoms with Gasteiger partial charge in [0.2, 0.25) is 0 Å². The highest BCUT2D eigenvalue weighted by atomic mass is 32.2. The Hall–Kier alpha value is -1.30. The van der Waals surface area contributed by atoms with Crippen LogP contribution in [0.3, 0.4) is 0 Å². The van der Waals surface area contributed by atoms with Crippen molar-refractivity contribution in [2.24, 2.45) is 0 Å². The third-order valence-electron chi connectivity index (χ3n) is 2.22. The lowest BCUT2D eigenvalue weighted by atomic mass is 10.2. The first kappa shape index (κ1) is 13.8. The second-order valence-electron chi connectivity index (χ2n) is 4.29. The summed E-state index contributed by atoms with van der Waals surface area (Å²) in [4.78, 5) is 11.8. The molecule has 0 saturated heterocycles. The Bertz CT molecular complexity index is 516. The first-order valence-corrected chi connectivity index (χ1v) is 7.30. The fourth-order valence-electron chi connectivity index (χ4n) is 1.65. The van der Waals surface area contributed by atoms with Crippen LogP contribution in [0.5, 0.6) is 0 Å². The molecule has 0 aliphatic heterocycles. The molecule has 1 heterocycles. The summed E-state index contributed by atoms with van der Waals surface area (Å²) < 4.78 is 27.4. The summed E-state index contributed by atoms with van der Waals surface area (Å²) >= 11 is 0. The minimum atomic E-state index is -3.09. The van der Waals surface area contributed by atoms with Gasteiger partial charge in [-0.1, -0.05) is 0 Å². The average molecular weight is 259 g/mol. The van der Waals surface area contributed by atoms with E-state index in [-0.39, 0.29) is 11.7 Å². The van der Waals surface area contributed by atoms with E-state index in [1.165, 1.54) is 0 Å². The molecule has 0 aliphatic carbocycles. The van der Waals surface area contributed by atoms with Gasteiger partial charge in [0.05, 0.1) is 11.3 Å². The molecule has 6 heteroatoms. The molecule has 0 saturated carbocycles. The number of carbonyl (C=O) groups excluding carboxylic acids is 1. The SMILES string of the molecule is Cc1cc(C(=O)N[C@H](C)CS(C)(=O)=O)c(C)o1. The summed E-state index contributed by atoms with van der Waals surface area (Å²) in [6.07, 6.45) is 1.14. The van der Waals surface area contributed by atoms with Gasteiger partial charge in [-0.3, -0.25) is 4.79 Å². The minimum absolute atomic E-state index is 0.0748. The van der Waals surface area contributed by atoms with E-state index in [0.717, 1.165) is 6.26 Å². The number of amides is 1. The number of carbonyl (C=O) groups is 1. The van der Waals surface area contributed by atoms with Crippen LogP contribution in [-0.4, -0.2) is 32.4 Å². The van der Waals surface area contributed by atoms with Gasteiger partial charge in [0.1, 0.15) is 21.4 Å². The molecule has 0 spiro atoms. The molecule has 1 amide bonds. The van der Waals surface area contributed by atoms with Crippen LogP contribution in [0.2, 0.25) is 0 Å². The molecule has 0 aliphatic rings. The van der Waals surface area contributed by atoms with E-state index in [0.29, 0.717) is 17.1 Å². The largest absolute Gasteiger partial charge is 0.466 e. The van der Waals surface area contributed by atoms with Gasteiger partial charge in [-0.2, -0.15) is 0 Å². The number of nitrogens with one attached hydrogen (secondary N) is 1. The molecule has 5 nitrogen and oxygen atoms in total. The molecule has 0 aromatic carbocycles. The topological polar surface area (TPSA) is 76.4 Å². The van der Waals surface area contributed by atoms with E-state index in [4.69, 9.17) is 4.42 Å². The Morgan fingerprint density at radius 2 is 2.06 bits per heavy atom. The maximum absolute atomic E-state index is 11.8. The van der Waals surface area contributed by atoms with Crippen molar-refractivity contribution in [2.45, 2.75) is 26.8 Å². The van der Waals surface area contributed by atoms with Crippen LogP contribution in [-0.2, 0) is 9.84 Å². The highest BCUT2D eigenvalue weighted by molar-refractivity contribution is 7.90. The van der Waals surface area contributed by atoms with Gasteiger partial charge in [-0.15, -0.1) is 0 Å².